The first kappa shape index (κ1) is 25.1. The lowest BCUT2D eigenvalue weighted by Gasteiger charge is -2.20. The molecule has 1 amide bonds. The van der Waals surface area contributed by atoms with Gasteiger partial charge in [-0.3, -0.25) is 19.5 Å². The Morgan fingerprint density at radius 3 is 2.25 bits per heavy atom. The second-order valence-corrected chi connectivity index (χ2v) is 8.91. The largest absolute Gasteiger partial charge is 0.375 e. The van der Waals surface area contributed by atoms with Gasteiger partial charge < -0.3 is 10.1 Å². The van der Waals surface area contributed by atoms with E-state index >= 15 is 0 Å². The summed E-state index contributed by atoms with van der Waals surface area (Å²) in [7, 11) is 1.46. The van der Waals surface area contributed by atoms with E-state index in [-0.39, 0.29) is 18.2 Å². The maximum absolute atomic E-state index is 12.5. The number of rotatable bonds is 11. The van der Waals surface area contributed by atoms with E-state index in [4.69, 9.17) is 4.74 Å². The normalized spacial score (nSPS) is 11.7. The Balaban J connectivity index is 1.74. The average molecular weight is 504 g/mol. The highest BCUT2D eigenvalue weighted by Crippen LogP contribution is 2.29. The van der Waals surface area contributed by atoms with Crippen molar-refractivity contribution < 1.29 is 14.5 Å². The highest BCUT2D eigenvalue weighted by atomic mass is 32.2. The Morgan fingerprint density at radius 2 is 1.64 bits per heavy atom. The van der Waals surface area contributed by atoms with E-state index in [0.717, 1.165) is 11.1 Å². The Bertz CT molecular complexity index is 1300. The molecule has 9 nitrogen and oxygen atoms in total. The first-order valence-electron chi connectivity index (χ1n) is 11.2. The van der Waals surface area contributed by atoms with Crippen LogP contribution in [0.2, 0.25) is 0 Å². The smallest absolute Gasteiger partial charge is 0.269 e. The van der Waals surface area contributed by atoms with Gasteiger partial charge in [-0.05, 0) is 29.7 Å². The molecule has 1 atom stereocenters. The molecule has 0 fully saturated rings. The van der Waals surface area contributed by atoms with Crippen molar-refractivity contribution in [2.24, 2.45) is 0 Å². The summed E-state index contributed by atoms with van der Waals surface area (Å²) in [6.07, 6.45) is 0.477. The van der Waals surface area contributed by atoms with Crippen LogP contribution in [0.1, 0.15) is 23.0 Å². The van der Waals surface area contributed by atoms with Gasteiger partial charge in [0.1, 0.15) is 6.61 Å². The monoisotopic (exact) mass is 503 g/mol. The molecular weight excluding hydrogens is 478 g/mol. The van der Waals surface area contributed by atoms with Crippen LogP contribution in [0.15, 0.2) is 90.1 Å². The molecule has 3 aromatic carbocycles. The Morgan fingerprint density at radius 1 is 1.00 bits per heavy atom. The van der Waals surface area contributed by atoms with Crippen molar-refractivity contribution in [3.8, 4) is 5.69 Å². The maximum atomic E-state index is 12.5. The molecule has 0 aliphatic carbocycles. The minimum Gasteiger partial charge on any atom is -0.375 e. The number of nitro groups is 1. The molecule has 10 heteroatoms. The predicted octanol–water partition coefficient (Wildman–Crippen LogP) is 4.51. The van der Waals surface area contributed by atoms with Crippen molar-refractivity contribution in [1.82, 2.24) is 20.1 Å². The molecule has 0 aliphatic rings. The third kappa shape index (κ3) is 6.35. The third-order valence-electron chi connectivity index (χ3n) is 5.39. The van der Waals surface area contributed by atoms with Crippen LogP contribution in [0.3, 0.4) is 0 Å². The Labute approximate surface area is 212 Å². The van der Waals surface area contributed by atoms with E-state index in [0.29, 0.717) is 28.8 Å². The fourth-order valence-corrected chi connectivity index (χ4v) is 4.63. The fourth-order valence-electron chi connectivity index (χ4n) is 3.71. The van der Waals surface area contributed by atoms with E-state index < -0.39 is 11.0 Å². The number of aromatic nitrogens is 3. The van der Waals surface area contributed by atoms with Crippen LogP contribution in [-0.2, 0) is 21.7 Å². The number of hydrogen-bond acceptors (Lipinski definition) is 7. The van der Waals surface area contributed by atoms with Crippen LogP contribution < -0.4 is 5.32 Å². The minimum atomic E-state index is -0.510. The van der Waals surface area contributed by atoms with Crippen molar-refractivity contribution in [1.29, 1.82) is 0 Å². The van der Waals surface area contributed by atoms with Gasteiger partial charge in [-0.15, -0.1) is 10.2 Å². The lowest BCUT2D eigenvalue weighted by Crippen LogP contribution is -2.34. The van der Waals surface area contributed by atoms with Crippen LogP contribution >= 0.6 is 11.8 Å². The van der Waals surface area contributed by atoms with Crippen molar-refractivity contribution in [2.45, 2.75) is 23.4 Å². The number of methoxy groups -OCH3 is 1. The number of non-ortho nitro benzene ring substituents is 1. The zero-order chi connectivity index (χ0) is 25.3. The lowest BCUT2D eigenvalue weighted by atomic mass is 10.0. The van der Waals surface area contributed by atoms with Crippen LogP contribution in [0.25, 0.3) is 5.69 Å². The van der Waals surface area contributed by atoms with Gasteiger partial charge in [0.2, 0.25) is 5.91 Å². The minimum absolute atomic E-state index is 0.0129. The Kier molecular flexibility index (Phi) is 8.43. The molecule has 1 heterocycles. The van der Waals surface area contributed by atoms with Gasteiger partial charge in [-0.25, -0.2) is 0 Å². The van der Waals surface area contributed by atoms with Crippen LogP contribution in [0.4, 0.5) is 5.69 Å². The van der Waals surface area contributed by atoms with Crippen LogP contribution in [-0.4, -0.2) is 39.3 Å². The SMILES string of the molecule is COCC(=O)NC(Cc1ccccc1)c1nnc(SCc2ccccc2)n1-c1ccc([N+](=O)[O-])cc1. The second kappa shape index (κ2) is 12.1. The number of carbonyl (C=O) groups excluding carboxylic acids is 1. The summed E-state index contributed by atoms with van der Waals surface area (Å²) >= 11 is 1.50. The number of hydrogen-bond donors (Lipinski definition) is 1. The van der Waals surface area contributed by atoms with Gasteiger partial charge in [-0.2, -0.15) is 0 Å². The molecule has 1 unspecified atom stereocenters. The van der Waals surface area contributed by atoms with Crippen LogP contribution in [0.5, 0.6) is 0 Å². The molecule has 1 aromatic heterocycles. The summed E-state index contributed by atoms with van der Waals surface area (Å²) in [5, 5.41) is 23.7. The topological polar surface area (TPSA) is 112 Å². The number of nitro benzene ring substituents is 1. The molecule has 0 bridgehead atoms. The molecule has 4 aromatic rings. The molecule has 184 valence electrons. The zero-order valence-electron chi connectivity index (χ0n) is 19.6. The predicted molar refractivity (Wildman–Crippen MR) is 137 cm³/mol. The Hall–Kier alpha value is -4.02. The molecule has 4 rings (SSSR count). The molecule has 36 heavy (non-hydrogen) atoms. The van der Waals surface area contributed by atoms with Gasteiger partial charge in [-0.1, -0.05) is 72.4 Å². The molecule has 0 radical (unpaired) electrons. The standard InChI is InChI=1S/C26H25N5O4S/c1-35-17-24(32)27-23(16-19-8-4-2-5-9-19)25-28-29-26(36-18-20-10-6-3-7-11-20)30(25)21-12-14-22(15-13-21)31(33)34/h2-15,23H,16-18H2,1H3,(H,27,32). The molecular formula is C26H25N5O4S. The molecule has 0 spiro atoms. The number of nitrogens with zero attached hydrogens (tertiary/aromatic N) is 4. The second-order valence-electron chi connectivity index (χ2n) is 7.97. The van der Waals surface area contributed by atoms with Crippen LogP contribution in [0, 0.1) is 10.1 Å². The number of ether oxygens (including phenoxy) is 1. The number of nitrogens with one attached hydrogen (secondary N) is 1. The molecule has 0 aliphatic heterocycles. The van der Waals surface area contributed by atoms with E-state index in [9.17, 15) is 14.9 Å². The number of carbonyl (C=O) groups is 1. The van der Waals surface area contributed by atoms with Crippen molar-refractivity contribution in [2.75, 3.05) is 13.7 Å². The summed E-state index contributed by atoms with van der Waals surface area (Å²) < 4.78 is 6.86. The first-order chi connectivity index (χ1) is 17.5. The lowest BCUT2D eigenvalue weighted by molar-refractivity contribution is -0.384. The number of amides is 1. The molecule has 1 N–H and O–H groups in total. The fraction of sp³-hybridized carbons (Fsp3) is 0.192. The van der Waals surface area contributed by atoms with E-state index in [2.05, 4.69) is 15.5 Å². The number of benzene rings is 3. The zero-order valence-corrected chi connectivity index (χ0v) is 20.4. The highest BCUT2D eigenvalue weighted by molar-refractivity contribution is 7.98. The van der Waals surface area contributed by atoms with Crippen molar-refractivity contribution >= 4 is 23.4 Å². The van der Waals surface area contributed by atoms with Gasteiger partial charge in [0, 0.05) is 30.7 Å². The maximum Gasteiger partial charge on any atom is 0.269 e. The summed E-state index contributed by atoms with van der Waals surface area (Å²) in [5.74, 6) is 0.897. The molecule has 0 saturated carbocycles. The summed E-state index contributed by atoms with van der Waals surface area (Å²) in [4.78, 5) is 23.3. The first-order valence-corrected chi connectivity index (χ1v) is 12.2. The highest BCUT2D eigenvalue weighted by Gasteiger charge is 2.25. The van der Waals surface area contributed by atoms with E-state index in [1.54, 1.807) is 12.1 Å². The molecule has 0 saturated heterocycles. The number of thioether (sulfide) groups is 1. The quantitative estimate of drug-likeness (QED) is 0.182. The third-order valence-corrected chi connectivity index (χ3v) is 6.39. The van der Waals surface area contributed by atoms with Crippen molar-refractivity contribution in [3.05, 3.63) is 112 Å². The van der Waals surface area contributed by atoms with Gasteiger partial charge >= 0.3 is 0 Å². The van der Waals surface area contributed by atoms with Gasteiger partial charge in [0.05, 0.1) is 11.0 Å². The summed E-state index contributed by atoms with van der Waals surface area (Å²) in [6.45, 7) is -0.0907. The summed E-state index contributed by atoms with van der Waals surface area (Å²) in [6, 6.07) is 25.4. The van der Waals surface area contributed by atoms with E-state index in [1.165, 1.54) is 31.0 Å². The van der Waals surface area contributed by atoms with Gasteiger partial charge in [0.25, 0.3) is 5.69 Å². The van der Waals surface area contributed by atoms with Gasteiger partial charge in [0.15, 0.2) is 11.0 Å². The summed E-state index contributed by atoms with van der Waals surface area (Å²) in [5.41, 5.74) is 2.78. The van der Waals surface area contributed by atoms with E-state index in [1.807, 2.05) is 65.2 Å². The average Bonchev–Trinajstić information content (AvgIpc) is 3.32. The van der Waals surface area contributed by atoms with Crippen molar-refractivity contribution in [3.63, 3.8) is 0 Å².